The highest BCUT2D eigenvalue weighted by Crippen LogP contribution is 2.38. The molecule has 1 fully saturated rings. The van der Waals surface area contributed by atoms with E-state index in [1.165, 1.54) is 12.5 Å². The molecule has 7 nitrogen and oxygen atoms in total. The first-order valence-corrected chi connectivity index (χ1v) is 7.46. The predicted octanol–water partition coefficient (Wildman–Crippen LogP) is 1.70. The van der Waals surface area contributed by atoms with Crippen LogP contribution < -0.4 is 10.9 Å². The maximum atomic E-state index is 11.9. The number of amides is 1. The number of carbonyl (C=O) groups is 1. The molecule has 1 saturated carbocycles. The maximum Gasteiger partial charge on any atom is 0.261 e. The summed E-state index contributed by atoms with van der Waals surface area (Å²) in [4.78, 5) is 30.3. The van der Waals surface area contributed by atoms with Gasteiger partial charge in [0.1, 0.15) is 5.39 Å². The molecule has 1 aliphatic carbocycles. The number of H-pyrrole nitrogens is 1. The summed E-state index contributed by atoms with van der Waals surface area (Å²) in [5.74, 6) is 0.692. The SMILES string of the molecule is C[C@@H]1C[C@H]1C(=O)Nc1ccc(-n2ncc3c(=O)[nH]cnc32)cc1. The minimum atomic E-state index is -0.219. The lowest BCUT2D eigenvalue weighted by atomic mass is 10.2. The minimum Gasteiger partial charge on any atom is -0.326 e. The van der Waals surface area contributed by atoms with Crippen LogP contribution >= 0.6 is 0 Å². The number of rotatable bonds is 3. The number of fused-ring (bicyclic) bond motifs is 1. The Labute approximate surface area is 131 Å². The van der Waals surface area contributed by atoms with Gasteiger partial charge in [0, 0.05) is 11.6 Å². The number of anilines is 1. The third-order valence-corrected chi connectivity index (χ3v) is 4.20. The molecule has 2 aromatic heterocycles. The fraction of sp³-hybridized carbons (Fsp3) is 0.250. The minimum absolute atomic E-state index is 0.0722. The Morgan fingerprint density at radius 1 is 1.35 bits per heavy atom. The van der Waals surface area contributed by atoms with Gasteiger partial charge < -0.3 is 10.3 Å². The number of nitrogens with one attached hydrogen (secondary N) is 2. The highest BCUT2D eigenvalue weighted by Gasteiger charge is 2.39. The van der Waals surface area contributed by atoms with Gasteiger partial charge in [0.25, 0.3) is 5.56 Å². The Hall–Kier alpha value is -2.96. The van der Waals surface area contributed by atoms with Gasteiger partial charge in [0.15, 0.2) is 5.65 Å². The topological polar surface area (TPSA) is 92.7 Å². The summed E-state index contributed by atoms with van der Waals surface area (Å²) >= 11 is 0. The lowest BCUT2D eigenvalue weighted by Crippen LogP contribution is -2.14. The summed E-state index contributed by atoms with van der Waals surface area (Å²) in [6, 6.07) is 7.31. The third-order valence-electron chi connectivity index (χ3n) is 4.20. The van der Waals surface area contributed by atoms with E-state index in [1.54, 1.807) is 4.68 Å². The van der Waals surface area contributed by atoms with Crippen LogP contribution in [0.2, 0.25) is 0 Å². The number of aromatic amines is 1. The first-order valence-electron chi connectivity index (χ1n) is 7.46. The number of hydrogen-bond acceptors (Lipinski definition) is 4. The lowest BCUT2D eigenvalue weighted by Gasteiger charge is -2.07. The lowest BCUT2D eigenvalue weighted by molar-refractivity contribution is -0.117. The van der Waals surface area contributed by atoms with Gasteiger partial charge in [-0.1, -0.05) is 6.92 Å². The Morgan fingerprint density at radius 2 is 2.09 bits per heavy atom. The van der Waals surface area contributed by atoms with E-state index < -0.39 is 0 Å². The molecule has 116 valence electrons. The van der Waals surface area contributed by atoms with Crippen LogP contribution in [0.4, 0.5) is 5.69 Å². The molecule has 0 radical (unpaired) electrons. The average molecular weight is 309 g/mol. The molecule has 1 aromatic carbocycles. The van der Waals surface area contributed by atoms with Gasteiger partial charge in [0.05, 0.1) is 18.2 Å². The molecule has 7 heteroatoms. The van der Waals surface area contributed by atoms with Crippen molar-refractivity contribution >= 4 is 22.6 Å². The monoisotopic (exact) mass is 309 g/mol. The van der Waals surface area contributed by atoms with E-state index in [4.69, 9.17) is 0 Å². The van der Waals surface area contributed by atoms with Gasteiger partial charge >= 0.3 is 0 Å². The Morgan fingerprint density at radius 3 is 2.78 bits per heavy atom. The van der Waals surface area contributed by atoms with Crippen molar-refractivity contribution in [3.63, 3.8) is 0 Å². The van der Waals surface area contributed by atoms with Gasteiger partial charge in [-0.25, -0.2) is 9.67 Å². The molecule has 1 aliphatic rings. The Kier molecular flexibility index (Phi) is 3.00. The van der Waals surface area contributed by atoms with E-state index in [2.05, 4.69) is 27.3 Å². The maximum absolute atomic E-state index is 11.9. The molecule has 0 spiro atoms. The number of benzene rings is 1. The zero-order valence-corrected chi connectivity index (χ0v) is 12.5. The molecule has 2 atom stereocenters. The van der Waals surface area contributed by atoms with Crippen molar-refractivity contribution in [2.45, 2.75) is 13.3 Å². The molecule has 4 rings (SSSR count). The summed E-state index contributed by atoms with van der Waals surface area (Å²) in [5.41, 5.74) is 1.80. The molecule has 23 heavy (non-hydrogen) atoms. The summed E-state index contributed by atoms with van der Waals surface area (Å²) in [6.07, 6.45) is 3.81. The van der Waals surface area contributed by atoms with Crippen molar-refractivity contribution in [2.24, 2.45) is 11.8 Å². The number of hydrogen-bond donors (Lipinski definition) is 2. The quantitative estimate of drug-likeness (QED) is 0.770. The molecule has 2 heterocycles. The van der Waals surface area contributed by atoms with Gasteiger partial charge in [-0.05, 0) is 36.6 Å². The zero-order chi connectivity index (χ0) is 16.0. The fourth-order valence-corrected chi connectivity index (χ4v) is 2.65. The summed E-state index contributed by atoms with van der Waals surface area (Å²) in [5, 5.41) is 7.56. The fourth-order valence-electron chi connectivity index (χ4n) is 2.65. The first-order chi connectivity index (χ1) is 11.1. The van der Waals surface area contributed by atoms with Crippen molar-refractivity contribution in [1.29, 1.82) is 0 Å². The first kappa shape index (κ1) is 13.7. The number of aromatic nitrogens is 4. The van der Waals surface area contributed by atoms with Crippen molar-refractivity contribution in [3.8, 4) is 5.69 Å². The van der Waals surface area contributed by atoms with E-state index >= 15 is 0 Å². The van der Waals surface area contributed by atoms with Crippen LogP contribution in [-0.4, -0.2) is 25.7 Å². The van der Waals surface area contributed by atoms with Gasteiger partial charge in [-0.15, -0.1) is 0 Å². The van der Waals surface area contributed by atoms with E-state index in [0.29, 0.717) is 17.0 Å². The summed E-state index contributed by atoms with van der Waals surface area (Å²) in [7, 11) is 0. The molecule has 3 aromatic rings. The highest BCUT2D eigenvalue weighted by molar-refractivity contribution is 5.94. The molecule has 2 N–H and O–H groups in total. The van der Waals surface area contributed by atoms with Crippen LogP contribution in [0, 0.1) is 11.8 Å². The number of nitrogens with zero attached hydrogens (tertiary/aromatic N) is 3. The van der Waals surface area contributed by atoms with Crippen LogP contribution in [0.5, 0.6) is 0 Å². The van der Waals surface area contributed by atoms with Gasteiger partial charge in [-0.3, -0.25) is 9.59 Å². The molecular weight excluding hydrogens is 294 g/mol. The van der Waals surface area contributed by atoms with Gasteiger partial charge in [0.2, 0.25) is 5.91 Å². The van der Waals surface area contributed by atoms with E-state index in [0.717, 1.165) is 17.8 Å². The zero-order valence-electron chi connectivity index (χ0n) is 12.5. The summed E-state index contributed by atoms with van der Waals surface area (Å²) in [6.45, 7) is 2.07. The van der Waals surface area contributed by atoms with E-state index in [-0.39, 0.29) is 17.4 Å². The predicted molar refractivity (Wildman–Crippen MR) is 85.4 cm³/mol. The normalized spacial score (nSPS) is 19.7. The molecule has 0 aliphatic heterocycles. The number of carbonyl (C=O) groups excluding carboxylic acids is 1. The van der Waals surface area contributed by atoms with Crippen LogP contribution in [0.1, 0.15) is 13.3 Å². The molecule has 0 saturated heterocycles. The Bertz CT molecular complexity index is 941. The van der Waals surface area contributed by atoms with Crippen molar-refractivity contribution in [2.75, 3.05) is 5.32 Å². The van der Waals surface area contributed by atoms with Crippen LogP contribution in [0.3, 0.4) is 0 Å². The van der Waals surface area contributed by atoms with Crippen molar-refractivity contribution in [3.05, 3.63) is 47.1 Å². The van der Waals surface area contributed by atoms with Crippen molar-refractivity contribution < 1.29 is 4.79 Å². The van der Waals surface area contributed by atoms with Crippen LogP contribution in [-0.2, 0) is 4.79 Å². The Balaban J connectivity index is 1.61. The van der Waals surface area contributed by atoms with E-state index in [1.807, 2.05) is 24.3 Å². The largest absolute Gasteiger partial charge is 0.326 e. The van der Waals surface area contributed by atoms with E-state index in [9.17, 15) is 9.59 Å². The molecular formula is C16H15N5O2. The second kappa shape index (κ2) is 5.05. The van der Waals surface area contributed by atoms with Crippen LogP contribution in [0.25, 0.3) is 16.7 Å². The highest BCUT2D eigenvalue weighted by atomic mass is 16.2. The average Bonchev–Trinajstić information content (AvgIpc) is 3.12. The summed E-state index contributed by atoms with van der Waals surface area (Å²) < 4.78 is 1.60. The van der Waals surface area contributed by atoms with Crippen LogP contribution in [0.15, 0.2) is 41.6 Å². The molecule has 1 amide bonds. The second-order valence-electron chi connectivity index (χ2n) is 5.88. The molecule has 0 unspecified atom stereocenters. The molecule has 0 bridgehead atoms. The second-order valence-corrected chi connectivity index (χ2v) is 5.88. The smallest absolute Gasteiger partial charge is 0.261 e. The third kappa shape index (κ3) is 2.40. The van der Waals surface area contributed by atoms with Crippen molar-refractivity contribution in [1.82, 2.24) is 19.7 Å². The van der Waals surface area contributed by atoms with Gasteiger partial charge in [-0.2, -0.15) is 5.10 Å². The standard InChI is InChI=1S/C16H15N5O2/c1-9-6-12(9)16(23)20-10-2-4-11(5-3-10)21-14-13(7-19-21)15(22)18-8-17-14/h2-5,7-9,12H,6H2,1H3,(H,20,23)(H,17,18,22)/t9-,12-/m1/s1.